The van der Waals surface area contributed by atoms with E-state index in [1.165, 1.54) is 11.3 Å². The smallest absolute Gasteiger partial charge is 0.220 e. The Morgan fingerprint density at radius 2 is 2.39 bits per heavy atom. The monoisotopic (exact) mass is 265 g/mol. The number of nitrogens with zero attached hydrogens (tertiary/aromatic N) is 2. The van der Waals surface area contributed by atoms with Gasteiger partial charge in [-0.3, -0.25) is 4.79 Å². The van der Waals surface area contributed by atoms with Crippen LogP contribution in [0.1, 0.15) is 17.8 Å². The fraction of sp³-hybridized carbons (Fsp3) is 0.364. The molecule has 2 heterocycles. The fourth-order valence-electron chi connectivity index (χ4n) is 1.53. The van der Waals surface area contributed by atoms with E-state index in [9.17, 15) is 4.79 Å². The van der Waals surface area contributed by atoms with Gasteiger partial charge in [-0.15, -0.1) is 11.3 Å². The first-order valence-corrected chi connectivity index (χ1v) is 6.56. The van der Waals surface area contributed by atoms with Crippen LogP contribution in [0.3, 0.4) is 0 Å². The summed E-state index contributed by atoms with van der Waals surface area (Å²) in [4.78, 5) is 22.6. The number of hydrogen-bond acceptors (Lipinski definition) is 5. The average molecular weight is 265 g/mol. The molecule has 18 heavy (non-hydrogen) atoms. The standard InChI is InChI=1S/C11H15N5OS/c12-11-16-9(6-18-11)1-2-10(17)14-4-3-8-5-13-7-15-8/h5-7H,1-4H2,(H2,12,16)(H,13,15)(H,14,17). The van der Waals surface area contributed by atoms with Crippen molar-refractivity contribution in [2.24, 2.45) is 0 Å². The molecule has 0 saturated carbocycles. The van der Waals surface area contributed by atoms with Crippen molar-refractivity contribution < 1.29 is 4.79 Å². The maximum absolute atomic E-state index is 11.6. The predicted octanol–water partition coefficient (Wildman–Crippen LogP) is 0.740. The molecule has 0 fully saturated rings. The molecular weight excluding hydrogens is 250 g/mol. The molecule has 0 unspecified atom stereocenters. The molecule has 0 aromatic carbocycles. The summed E-state index contributed by atoms with van der Waals surface area (Å²) in [6, 6.07) is 0. The van der Waals surface area contributed by atoms with Crippen molar-refractivity contribution in [3.8, 4) is 0 Å². The van der Waals surface area contributed by atoms with Gasteiger partial charge in [0.15, 0.2) is 5.13 Å². The Hall–Kier alpha value is -1.89. The number of aryl methyl sites for hydroxylation is 1. The number of nitrogens with two attached hydrogens (primary N) is 1. The first kappa shape index (κ1) is 12.6. The second-order valence-electron chi connectivity index (χ2n) is 3.85. The summed E-state index contributed by atoms with van der Waals surface area (Å²) < 4.78 is 0. The number of anilines is 1. The number of amides is 1. The zero-order valence-electron chi connectivity index (χ0n) is 9.85. The lowest BCUT2D eigenvalue weighted by atomic mass is 10.2. The quantitative estimate of drug-likeness (QED) is 0.717. The van der Waals surface area contributed by atoms with Crippen LogP contribution in [0.5, 0.6) is 0 Å². The number of imidazole rings is 1. The van der Waals surface area contributed by atoms with Gasteiger partial charge in [0.1, 0.15) is 0 Å². The van der Waals surface area contributed by atoms with E-state index in [1.54, 1.807) is 12.5 Å². The number of hydrogen-bond donors (Lipinski definition) is 3. The van der Waals surface area contributed by atoms with E-state index in [-0.39, 0.29) is 5.91 Å². The normalized spacial score (nSPS) is 10.4. The number of aromatic nitrogens is 3. The summed E-state index contributed by atoms with van der Waals surface area (Å²) >= 11 is 1.40. The third-order valence-electron chi connectivity index (χ3n) is 2.45. The van der Waals surface area contributed by atoms with Crippen LogP contribution in [0.2, 0.25) is 0 Å². The maximum atomic E-state index is 11.6. The molecule has 0 saturated heterocycles. The molecule has 0 aliphatic heterocycles. The van der Waals surface area contributed by atoms with Gasteiger partial charge < -0.3 is 16.0 Å². The average Bonchev–Trinajstić information content (AvgIpc) is 2.98. The third-order valence-corrected chi connectivity index (χ3v) is 3.17. The number of carbonyl (C=O) groups excluding carboxylic acids is 1. The first-order chi connectivity index (χ1) is 8.74. The highest BCUT2D eigenvalue weighted by molar-refractivity contribution is 7.13. The number of carbonyl (C=O) groups is 1. The van der Waals surface area contributed by atoms with Gasteiger partial charge in [-0.25, -0.2) is 9.97 Å². The maximum Gasteiger partial charge on any atom is 0.220 e. The Bertz CT molecular complexity index is 493. The Kier molecular flexibility index (Phi) is 4.30. The van der Waals surface area contributed by atoms with Crippen molar-refractivity contribution in [2.75, 3.05) is 12.3 Å². The van der Waals surface area contributed by atoms with Crippen molar-refractivity contribution >= 4 is 22.4 Å². The van der Waals surface area contributed by atoms with Crippen LogP contribution in [0.4, 0.5) is 5.13 Å². The highest BCUT2D eigenvalue weighted by atomic mass is 32.1. The van der Waals surface area contributed by atoms with Gasteiger partial charge in [0.25, 0.3) is 0 Å². The van der Waals surface area contributed by atoms with Crippen molar-refractivity contribution in [2.45, 2.75) is 19.3 Å². The summed E-state index contributed by atoms with van der Waals surface area (Å²) in [6.45, 7) is 0.611. The topological polar surface area (TPSA) is 96.7 Å². The summed E-state index contributed by atoms with van der Waals surface area (Å²) in [5.41, 5.74) is 7.41. The molecule has 7 heteroatoms. The van der Waals surface area contributed by atoms with Gasteiger partial charge in [0, 0.05) is 36.7 Å². The number of rotatable bonds is 6. The number of nitrogens with one attached hydrogen (secondary N) is 2. The van der Waals surface area contributed by atoms with Crippen LogP contribution in [0.25, 0.3) is 0 Å². The number of nitrogen functional groups attached to an aromatic ring is 1. The van der Waals surface area contributed by atoms with Gasteiger partial charge >= 0.3 is 0 Å². The van der Waals surface area contributed by atoms with Crippen LogP contribution >= 0.6 is 11.3 Å². The molecule has 2 aromatic heterocycles. The lowest BCUT2D eigenvalue weighted by Gasteiger charge is -2.03. The van der Waals surface area contributed by atoms with Crippen molar-refractivity contribution in [1.82, 2.24) is 20.3 Å². The van der Waals surface area contributed by atoms with E-state index in [2.05, 4.69) is 20.3 Å². The SMILES string of the molecule is Nc1nc(CCC(=O)NCCc2cnc[nH]2)cs1. The zero-order chi connectivity index (χ0) is 12.8. The summed E-state index contributed by atoms with van der Waals surface area (Å²) in [6.07, 6.45) is 5.21. The number of H-pyrrole nitrogens is 1. The van der Waals surface area contributed by atoms with Crippen molar-refractivity contribution in [3.05, 3.63) is 29.3 Å². The number of thiazole rings is 1. The third kappa shape index (κ3) is 3.85. The molecule has 96 valence electrons. The Morgan fingerprint density at radius 3 is 3.06 bits per heavy atom. The molecule has 0 aliphatic rings. The van der Waals surface area contributed by atoms with Crippen LogP contribution < -0.4 is 11.1 Å². The molecule has 2 rings (SSSR count). The summed E-state index contributed by atoms with van der Waals surface area (Å²) in [5.74, 6) is 0.0288. The van der Waals surface area contributed by atoms with Crippen LogP contribution in [0.15, 0.2) is 17.9 Å². The van der Waals surface area contributed by atoms with E-state index < -0.39 is 0 Å². The molecular formula is C11H15N5OS. The molecule has 0 atom stereocenters. The largest absolute Gasteiger partial charge is 0.375 e. The molecule has 1 amide bonds. The second-order valence-corrected chi connectivity index (χ2v) is 4.74. The first-order valence-electron chi connectivity index (χ1n) is 5.68. The highest BCUT2D eigenvalue weighted by Crippen LogP contribution is 2.12. The van der Waals surface area contributed by atoms with E-state index in [0.717, 1.165) is 17.8 Å². The lowest BCUT2D eigenvalue weighted by molar-refractivity contribution is -0.121. The van der Waals surface area contributed by atoms with Crippen LogP contribution in [0, 0.1) is 0 Å². The molecule has 2 aromatic rings. The molecule has 0 bridgehead atoms. The van der Waals surface area contributed by atoms with E-state index >= 15 is 0 Å². The van der Waals surface area contributed by atoms with Gasteiger partial charge in [0.2, 0.25) is 5.91 Å². The lowest BCUT2D eigenvalue weighted by Crippen LogP contribution is -2.25. The summed E-state index contributed by atoms with van der Waals surface area (Å²) in [7, 11) is 0. The Labute approximate surface area is 109 Å². The Morgan fingerprint density at radius 1 is 1.50 bits per heavy atom. The fourth-order valence-corrected chi connectivity index (χ4v) is 2.12. The minimum atomic E-state index is 0.0288. The minimum absolute atomic E-state index is 0.0288. The van der Waals surface area contributed by atoms with Crippen molar-refractivity contribution in [3.63, 3.8) is 0 Å². The Balaban J connectivity index is 1.63. The molecule has 0 spiro atoms. The van der Waals surface area contributed by atoms with Gasteiger partial charge in [-0.1, -0.05) is 0 Å². The van der Waals surface area contributed by atoms with E-state index in [0.29, 0.717) is 24.5 Å². The minimum Gasteiger partial charge on any atom is -0.375 e. The predicted molar refractivity (Wildman–Crippen MR) is 70.1 cm³/mol. The van der Waals surface area contributed by atoms with Crippen LogP contribution in [-0.4, -0.2) is 27.4 Å². The summed E-state index contributed by atoms with van der Waals surface area (Å²) in [5, 5.41) is 5.28. The zero-order valence-corrected chi connectivity index (χ0v) is 10.7. The van der Waals surface area contributed by atoms with E-state index in [1.807, 2.05) is 5.38 Å². The van der Waals surface area contributed by atoms with E-state index in [4.69, 9.17) is 5.73 Å². The van der Waals surface area contributed by atoms with Gasteiger partial charge in [0.05, 0.1) is 12.0 Å². The number of aromatic amines is 1. The second kappa shape index (κ2) is 6.15. The molecule has 0 radical (unpaired) electrons. The molecule has 4 N–H and O–H groups in total. The van der Waals surface area contributed by atoms with Crippen molar-refractivity contribution in [1.29, 1.82) is 0 Å². The molecule has 0 aliphatic carbocycles. The highest BCUT2D eigenvalue weighted by Gasteiger charge is 2.04. The van der Waals surface area contributed by atoms with Crippen LogP contribution in [-0.2, 0) is 17.6 Å². The van der Waals surface area contributed by atoms with Gasteiger partial charge in [-0.05, 0) is 6.42 Å². The molecule has 6 nitrogen and oxygen atoms in total. The van der Waals surface area contributed by atoms with Gasteiger partial charge in [-0.2, -0.15) is 0 Å².